The number of hydrogen-bond donors (Lipinski definition) is 0. The lowest BCUT2D eigenvalue weighted by atomic mass is 9.91. The van der Waals surface area contributed by atoms with Gasteiger partial charge in [0.15, 0.2) is 0 Å². The first-order valence-electron chi connectivity index (χ1n) is 5.55. The van der Waals surface area contributed by atoms with Crippen molar-refractivity contribution in [2.45, 2.75) is 38.1 Å². The summed E-state index contributed by atoms with van der Waals surface area (Å²) >= 11 is 0. The molecule has 0 radical (unpaired) electrons. The van der Waals surface area contributed by atoms with Crippen LogP contribution in [0, 0.1) is 0 Å². The lowest BCUT2D eigenvalue weighted by molar-refractivity contribution is -0.0151. The van der Waals surface area contributed by atoms with Gasteiger partial charge >= 0.3 is 0 Å². The summed E-state index contributed by atoms with van der Waals surface area (Å²) in [7, 11) is 1.72. The van der Waals surface area contributed by atoms with Gasteiger partial charge in [0.2, 0.25) is 5.79 Å². The van der Waals surface area contributed by atoms with E-state index in [-0.39, 0.29) is 5.60 Å². The molecule has 0 saturated carbocycles. The van der Waals surface area contributed by atoms with Gasteiger partial charge in [0.25, 0.3) is 0 Å². The summed E-state index contributed by atoms with van der Waals surface area (Å²) in [5.74, 6) is -0.502. The number of methoxy groups -OCH3 is 1. The second-order valence-corrected chi connectivity index (χ2v) is 3.99. The molecule has 2 heteroatoms. The van der Waals surface area contributed by atoms with E-state index in [1.54, 1.807) is 7.11 Å². The Labute approximate surface area is 91.2 Å². The summed E-state index contributed by atoms with van der Waals surface area (Å²) < 4.78 is 11.5. The van der Waals surface area contributed by atoms with Gasteiger partial charge < -0.3 is 9.47 Å². The van der Waals surface area contributed by atoms with Crippen LogP contribution in [0.3, 0.4) is 0 Å². The monoisotopic (exact) mass is 206 g/mol. The first kappa shape index (κ1) is 10.7. The number of rotatable bonds is 4. The van der Waals surface area contributed by atoms with Crippen molar-refractivity contribution in [3.8, 4) is 0 Å². The molecule has 0 aromatic heterocycles. The quantitative estimate of drug-likeness (QED) is 0.706. The largest absolute Gasteiger partial charge is 0.347 e. The first-order chi connectivity index (χ1) is 7.24. The van der Waals surface area contributed by atoms with Gasteiger partial charge in [-0.05, 0) is 12.8 Å². The van der Waals surface area contributed by atoms with Crippen molar-refractivity contribution in [1.29, 1.82) is 0 Å². The Hall–Kier alpha value is -0.860. The van der Waals surface area contributed by atoms with Crippen LogP contribution in [-0.4, -0.2) is 12.7 Å². The van der Waals surface area contributed by atoms with Crippen LogP contribution in [0.1, 0.15) is 32.3 Å². The summed E-state index contributed by atoms with van der Waals surface area (Å²) in [5, 5.41) is 0. The Morgan fingerprint density at radius 2 is 1.73 bits per heavy atom. The Morgan fingerprint density at radius 3 is 2.13 bits per heavy atom. The Kier molecular flexibility index (Phi) is 2.57. The fourth-order valence-electron chi connectivity index (χ4n) is 2.43. The molecule has 1 aromatic carbocycles. The molecular formula is C13H18O2. The zero-order valence-corrected chi connectivity index (χ0v) is 9.62. The molecule has 1 fully saturated rings. The van der Waals surface area contributed by atoms with Crippen LogP contribution in [-0.2, 0) is 15.3 Å². The van der Waals surface area contributed by atoms with Crippen molar-refractivity contribution in [2.75, 3.05) is 7.11 Å². The van der Waals surface area contributed by atoms with Crippen molar-refractivity contribution < 1.29 is 9.47 Å². The van der Waals surface area contributed by atoms with Gasteiger partial charge in [-0.3, -0.25) is 0 Å². The predicted octanol–water partition coefficient (Wildman–Crippen LogP) is 3.07. The molecule has 1 atom stereocenters. The van der Waals surface area contributed by atoms with E-state index in [0.717, 1.165) is 18.4 Å². The van der Waals surface area contributed by atoms with Gasteiger partial charge in [0.05, 0.1) is 0 Å². The van der Waals surface area contributed by atoms with E-state index in [2.05, 4.69) is 26.0 Å². The van der Waals surface area contributed by atoms with Crippen LogP contribution in [0.25, 0.3) is 0 Å². The van der Waals surface area contributed by atoms with Gasteiger partial charge in [-0.2, -0.15) is 0 Å². The number of ether oxygens (including phenoxy) is 2. The van der Waals surface area contributed by atoms with E-state index >= 15 is 0 Å². The van der Waals surface area contributed by atoms with E-state index < -0.39 is 5.79 Å². The van der Waals surface area contributed by atoms with E-state index in [1.165, 1.54) is 0 Å². The Morgan fingerprint density at radius 1 is 1.13 bits per heavy atom. The summed E-state index contributed by atoms with van der Waals surface area (Å²) in [4.78, 5) is 0. The molecule has 15 heavy (non-hydrogen) atoms. The third-order valence-electron chi connectivity index (χ3n) is 3.48. The molecule has 1 aliphatic rings. The van der Waals surface area contributed by atoms with Gasteiger partial charge in [0, 0.05) is 12.7 Å². The summed E-state index contributed by atoms with van der Waals surface area (Å²) in [6, 6.07) is 10.2. The van der Waals surface area contributed by atoms with Crippen molar-refractivity contribution in [3.05, 3.63) is 35.9 Å². The molecule has 1 heterocycles. The molecule has 2 rings (SSSR count). The minimum atomic E-state index is -0.502. The standard InChI is InChI=1S/C13H18O2/c1-4-12(5-2)13(14-3,15-12)11-9-7-6-8-10-11/h6-10H,4-5H2,1-3H3. The van der Waals surface area contributed by atoms with E-state index in [1.807, 2.05) is 18.2 Å². The average Bonchev–Trinajstić information content (AvgIpc) is 3.01. The molecule has 1 aliphatic heterocycles. The number of epoxide rings is 1. The zero-order valence-electron chi connectivity index (χ0n) is 9.62. The van der Waals surface area contributed by atoms with Gasteiger partial charge in [-0.25, -0.2) is 0 Å². The summed E-state index contributed by atoms with van der Waals surface area (Å²) in [6.07, 6.45) is 1.96. The number of hydrogen-bond acceptors (Lipinski definition) is 2. The van der Waals surface area contributed by atoms with Crippen molar-refractivity contribution >= 4 is 0 Å². The summed E-state index contributed by atoms with van der Waals surface area (Å²) in [6.45, 7) is 4.29. The molecule has 1 unspecified atom stereocenters. The highest BCUT2D eigenvalue weighted by Crippen LogP contribution is 2.59. The van der Waals surface area contributed by atoms with E-state index in [4.69, 9.17) is 9.47 Å². The van der Waals surface area contributed by atoms with Crippen LogP contribution in [0.4, 0.5) is 0 Å². The lowest BCUT2D eigenvalue weighted by Crippen LogP contribution is -2.24. The maximum Gasteiger partial charge on any atom is 0.225 e. The van der Waals surface area contributed by atoms with Gasteiger partial charge in [-0.1, -0.05) is 44.2 Å². The predicted molar refractivity (Wildman–Crippen MR) is 59.5 cm³/mol. The normalized spacial score (nSPS) is 27.7. The average molecular weight is 206 g/mol. The van der Waals surface area contributed by atoms with Crippen LogP contribution < -0.4 is 0 Å². The zero-order chi connectivity index (χ0) is 10.9. The topological polar surface area (TPSA) is 21.8 Å². The molecule has 0 bridgehead atoms. The Balaban J connectivity index is 2.35. The van der Waals surface area contributed by atoms with Crippen LogP contribution in [0.2, 0.25) is 0 Å². The third-order valence-corrected chi connectivity index (χ3v) is 3.48. The van der Waals surface area contributed by atoms with Crippen molar-refractivity contribution in [3.63, 3.8) is 0 Å². The smallest absolute Gasteiger partial charge is 0.225 e. The molecule has 1 aromatic rings. The fraction of sp³-hybridized carbons (Fsp3) is 0.538. The summed E-state index contributed by atoms with van der Waals surface area (Å²) in [5.41, 5.74) is 1.000. The first-order valence-corrected chi connectivity index (χ1v) is 5.55. The lowest BCUT2D eigenvalue weighted by Gasteiger charge is -2.16. The minimum absolute atomic E-state index is 0.122. The highest BCUT2D eigenvalue weighted by atomic mass is 16.8. The van der Waals surface area contributed by atoms with Crippen LogP contribution >= 0.6 is 0 Å². The number of benzene rings is 1. The third kappa shape index (κ3) is 1.32. The highest BCUT2D eigenvalue weighted by Gasteiger charge is 2.69. The second kappa shape index (κ2) is 3.62. The SMILES string of the molecule is CCC1(CC)OC1(OC)c1ccccc1. The molecule has 0 aliphatic carbocycles. The van der Waals surface area contributed by atoms with Crippen LogP contribution in [0.15, 0.2) is 30.3 Å². The molecular weight excluding hydrogens is 188 g/mol. The maximum atomic E-state index is 5.90. The van der Waals surface area contributed by atoms with E-state index in [9.17, 15) is 0 Å². The molecule has 82 valence electrons. The molecule has 0 spiro atoms. The van der Waals surface area contributed by atoms with E-state index in [0.29, 0.717) is 0 Å². The van der Waals surface area contributed by atoms with Gasteiger partial charge in [0.1, 0.15) is 5.60 Å². The molecule has 2 nitrogen and oxygen atoms in total. The Bertz CT molecular complexity index is 330. The van der Waals surface area contributed by atoms with Crippen molar-refractivity contribution in [1.82, 2.24) is 0 Å². The fourth-order valence-corrected chi connectivity index (χ4v) is 2.43. The maximum absolute atomic E-state index is 5.90. The van der Waals surface area contributed by atoms with Crippen molar-refractivity contribution in [2.24, 2.45) is 0 Å². The second-order valence-electron chi connectivity index (χ2n) is 3.99. The van der Waals surface area contributed by atoms with Crippen LogP contribution in [0.5, 0.6) is 0 Å². The minimum Gasteiger partial charge on any atom is -0.347 e. The highest BCUT2D eigenvalue weighted by molar-refractivity contribution is 5.30. The van der Waals surface area contributed by atoms with Gasteiger partial charge in [-0.15, -0.1) is 0 Å². The molecule has 0 N–H and O–H groups in total. The molecule has 0 amide bonds. The molecule has 1 saturated heterocycles.